The minimum absolute atomic E-state index is 0.0364. The number of sulfonamides is 1. The van der Waals surface area contributed by atoms with Crippen molar-refractivity contribution in [3.63, 3.8) is 0 Å². The lowest BCUT2D eigenvalue weighted by Gasteiger charge is -2.13. The second-order valence-electron chi connectivity index (χ2n) is 6.77. The molecule has 0 aliphatic rings. The molecule has 0 atom stereocenters. The number of hydrogen-bond donors (Lipinski definition) is 3. The highest BCUT2D eigenvalue weighted by Gasteiger charge is 2.19. The molecule has 2 amide bonds. The van der Waals surface area contributed by atoms with E-state index in [1.165, 1.54) is 49.7 Å². The van der Waals surface area contributed by atoms with E-state index in [4.69, 9.17) is 16.3 Å². The number of nitrogens with zero attached hydrogens (tertiary/aromatic N) is 1. The number of hydrogen-bond acceptors (Lipinski definition) is 6. The summed E-state index contributed by atoms with van der Waals surface area (Å²) in [5.41, 5.74) is 0.846. The smallest absolute Gasteiger partial charge is 0.262 e. The third-order valence-corrected chi connectivity index (χ3v) is 5.99. The summed E-state index contributed by atoms with van der Waals surface area (Å²) in [6.45, 7) is 0.0693. The van der Waals surface area contributed by atoms with Crippen LogP contribution in [0.4, 0.5) is 11.4 Å². The van der Waals surface area contributed by atoms with E-state index in [1.54, 1.807) is 24.4 Å². The fourth-order valence-corrected chi connectivity index (χ4v) is 4.10. The summed E-state index contributed by atoms with van der Waals surface area (Å²) in [5, 5.41) is 5.59. The van der Waals surface area contributed by atoms with Gasteiger partial charge in [-0.1, -0.05) is 17.7 Å². The molecule has 0 saturated heterocycles. The topological polar surface area (TPSA) is 126 Å². The first-order valence-corrected chi connectivity index (χ1v) is 11.6. The molecule has 172 valence electrons. The molecular weight excluding hydrogens is 468 g/mol. The van der Waals surface area contributed by atoms with E-state index in [2.05, 4.69) is 20.3 Å². The molecule has 33 heavy (non-hydrogen) atoms. The number of ether oxygens (including phenoxy) is 1. The molecule has 0 saturated carbocycles. The van der Waals surface area contributed by atoms with E-state index in [1.807, 2.05) is 0 Å². The number of halogens is 1. The molecule has 1 aromatic heterocycles. The Morgan fingerprint density at radius 2 is 1.91 bits per heavy atom. The van der Waals surface area contributed by atoms with Crippen LogP contribution in [0.25, 0.3) is 0 Å². The van der Waals surface area contributed by atoms with Gasteiger partial charge in [-0.3, -0.25) is 19.3 Å². The third-order valence-electron chi connectivity index (χ3n) is 4.40. The average molecular weight is 489 g/mol. The van der Waals surface area contributed by atoms with E-state index in [0.29, 0.717) is 16.5 Å². The van der Waals surface area contributed by atoms with Crippen LogP contribution in [0.2, 0.25) is 5.02 Å². The Bertz CT molecular complexity index is 1250. The van der Waals surface area contributed by atoms with E-state index in [9.17, 15) is 18.0 Å². The zero-order valence-electron chi connectivity index (χ0n) is 17.5. The minimum atomic E-state index is -4.03. The maximum absolute atomic E-state index is 12.8. The average Bonchev–Trinajstić information content (AvgIpc) is 2.79. The first kappa shape index (κ1) is 24.0. The van der Waals surface area contributed by atoms with Crippen LogP contribution < -0.4 is 20.1 Å². The highest BCUT2D eigenvalue weighted by Crippen LogP contribution is 2.29. The summed E-state index contributed by atoms with van der Waals surface area (Å²) in [4.78, 5) is 28.2. The third kappa shape index (κ3) is 6.67. The lowest BCUT2D eigenvalue weighted by Crippen LogP contribution is -2.28. The van der Waals surface area contributed by atoms with Gasteiger partial charge in [-0.25, -0.2) is 8.42 Å². The molecule has 1 heterocycles. The first-order valence-electron chi connectivity index (χ1n) is 9.73. The van der Waals surface area contributed by atoms with Crippen LogP contribution in [0.5, 0.6) is 5.75 Å². The lowest BCUT2D eigenvalue weighted by atomic mass is 10.2. The van der Waals surface area contributed by atoms with E-state index in [-0.39, 0.29) is 35.0 Å². The van der Waals surface area contributed by atoms with Gasteiger partial charge < -0.3 is 15.4 Å². The molecule has 0 aliphatic carbocycles. The number of nitrogens with one attached hydrogen (secondary N) is 3. The van der Waals surface area contributed by atoms with E-state index in [0.717, 1.165) is 0 Å². The molecule has 3 N–H and O–H groups in total. The molecule has 0 fully saturated rings. The number of carbonyl (C=O) groups excluding carboxylic acids is 2. The summed E-state index contributed by atoms with van der Waals surface area (Å²) in [6, 6.07) is 13.4. The molecule has 0 bridgehead atoms. The molecular formula is C22H21ClN4O5S. The normalized spacial score (nSPS) is 10.8. The quantitative estimate of drug-likeness (QED) is 0.424. The van der Waals surface area contributed by atoms with Gasteiger partial charge in [-0.15, -0.1) is 0 Å². The summed E-state index contributed by atoms with van der Waals surface area (Å²) < 4.78 is 33.2. The number of pyridine rings is 1. The van der Waals surface area contributed by atoms with Gasteiger partial charge in [0.05, 0.1) is 29.6 Å². The first-order chi connectivity index (χ1) is 15.8. The van der Waals surface area contributed by atoms with E-state index < -0.39 is 15.9 Å². The van der Waals surface area contributed by atoms with Crippen molar-refractivity contribution in [3.05, 3.63) is 77.6 Å². The van der Waals surface area contributed by atoms with Gasteiger partial charge >= 0.3 is 0 Å². The van der Waals surface area contributed by atoms with Crippen molar-refractivity contribution in [2.75, 3.05) is 23.7 Å². The SMILES string of the molecule is COc1ccc(Cl)cc1NS(=O)(=O)c1cccc(C(=O)NCCC(=O)Nc2cccnc2)c1. The van der Waals surface area contributed by atoms with Crippen molar-refractivity contribution in [3.8, 4) is 5.75 Å². The molecule has 0 radical (unpaired) electrons. The maximum atomic E-state index is 12.8. The van der Waals surface area contributed by atoms with Crippen molar-refractivity contribution in [1.29, 1.82) is 0 Å². The van der Waals surface area contributed by atoms with Crippen LogP contribution in [-0.4, -0.2) is 38.9 Å². The van der Waals surface area contributed by atoms with Crippen molar-refractivity contribution in [2.45, 2.75) is 11.3 Å². The lowest BCUT2D eigenvalue weighted by molar-refractivity contribution is -0.116. The van der Waals surface area contributed by atoms with Gasteiger partial charge in [-0.05, 0) is 48.5 Å². The number of methoxy groups -OCH3 is 1. The summed E-state index contributed by atoms with van der Waals surface area (Å²) >= 11 is 5.96. The number of rotatable bonds is 9. The molecule has 0 aliphatic heterocycles. The molecule has 0 spiro atoms. The van der Waals surface area contributed by atoms with Gasteiger partial charge in [-0.2, -0.15) is 0 Å². The Morgan fingerprint density at radius 3 is 2.64 bits per heavy atom. The summed E-state index contributed by atoms with van der Waals surface area (Å²) in [5.74, 6) is -0.512. The number of benzene rings is 2. The van der Waals surface area contributed by atoms with Crippen LogP contribution in [0.1, 0.15) is 16.8 Å². The Labute approximate surface area is 196 Å². The highest BCUT2D eigenvalue weighted by molar-refractivity contribution is 7.92. The minimum Gasteiger partial charge on any atom is -0.495 e. The van der Waals surface area contributed by atoms with Gasteiger partial charge in [0.25, 0.3) is 15.9 Å². The molecule has 0 unspecified atom stereocenters. The Morgan fingerprint density at radius 1 is 1.09 bits per heavy atom. The second-order valence-corrected chi connectivity index (χ2v) is 8.89. The van der Waals surface area contributed by atoms with Crippen LogP contribution in [0, 0.1) is 0 Å². The Hall–Kier alpha value is -3.63. The fraction of sp³-hybridized carbons (Fsp3) is 0.136. The number of anilines is 2. The number of aromatic nitrogens is 1. The van der Waals surface area contributed by atoms with Crippen LogP contribution in [-0.2, 0) is 14.8 Å². The number of amides is 2. The van der Waals surface area contributed by atoms with Crippen LogP contribution in [0.15, 0.2) is 71.9 Å². The van der Waals surface area contributed by atoms with Crippen LogP contribution in [0.3, 0.4) is 0 Å². The van der Waals surface area contributed by atoms with E-state index >= 15 is 0 Å². The van der Waals surface area contributed by atoms with Crippen molar-refractivity contribution in [2.24, 2.45) is 0 Å². The van der Waals surface area contributed by atoms with Crippen molar-refractivity contribution < 1.29 is 22.7 Å². The van der Waals surface area contributed by atoms with Crippen molar-refractivity contribution in [1.82, 2.24) is 10.3 Å². The van der Waals surface area contributed by atoms with Gasteiger partial charge in [0, 0.05) is 29.7 Å². The monoisotopic (exact) mass is 488 g/mol. The molecule has 3 aromatic rings. The fourth-order valence-electron chi connectivity index (χ4n) is 2.82. The largest absolute Gasteiger partial charge is 0.495 e. The summed E-state index contributed by atoms with van der Waals surface area (Å²) in [7, 11) is -2.62. The maximum Gasteiger partial charge on any atom is 0.262 e. The Balaban J connectivity index is 1.63. The summed E-state index contributed by atoms with van der Waals surface area (Å²) in [6.07, 6.45) is 3.13. The predicted molar refractivity (Wildman–Crippen MR) is 125 cm³/mol. The number of carbonyl (C=O) groups is 2. The zero-order valence-corrected chi connectivity index (χ0v) is 19.1. The van der Waals surface area contributed by atoms with Crippen molar-refractivity contribution >= 4 is 44.8 Å². The Kier molecular flexibility index (Phi) is 7.86. The molecule has 11 heteroatoms. The van der Waals surface area contributed by atoms with Gasteiger partial charge in [0.15, 0.2) is 0 Å². The van der Waals surface area contributed by atoms with Gasteiger partial charge in [0.2, 0.25) is 5.91 Å². The second kappa shape index (κ2) is 10.8. The highest BCUT2D eigenvalue weighted by atomic mass is 35.5. The molecule has 9 nitrogen and oxygen atoms in total. The van der Waals surface area contributed by atoms with Gasteiger partial charge in [0.1, 0.15) is 5.75 Å². The molecule has 3 rings (SSSR count). The standard InChI is InChI=1S/C22H21ClN4O5S/c1-32-20-8-7-16(23)13-19(20)27-33(30,31)18-6-2-4-15(12-18)22(29)25-11-9-21(28)26-17-5-3-10-24-14-17/h2-8,10,12-14,27H,9,11H2,1H3,(H,25,29)(H,26,28). The zero-order chi connectivity index (χ0) is 23.8. The van der Waals surface area contributed by atoms with Crippen LogP contribution >= 0.6 is 11.6 Å². The predicted octanol–water partition coefficient (Wildman–Crippen LogP) is 3.30. The molecule has 2 aromatic carbocycles.